The van der Waals surface area contributed by atoms with E-state index in [1.165, 1.54) is 48.1 Å². The lowest BCUT2D eigenvalue weighted by molar-refractivity contribution is -0.185. The molecule has 142 valence electrons. The van der Waals surface area contributed by atoms with Gasteiger partial charge >= 0.3 is 0 Å². The van der Waals surface area contributed by atoms with Crippen molar-refractivity contribution in [1.82, 2.24) is 14.8 Å². The third-order valence-corrected chi connectivity index (χ3v) is 7.35. The van der Waals surface area contributed by atoms with E-state index in [4.69, 9.17) is 9.47 Å². The maximum Gasteiger partial charge on any atom is 0.127 e. The van der Waals surface area contributed by atoms with Gasteiger partial charge in [0.15, 0.2) is 0 Å². The molecule has 5 aliphatic rings. The van der Waals surface area contributed by atoms with Crippen LogP contribution in [-0.4, -0.2) is 53.8 Å². The minimum Gasteiger partial charge on any atom is -0.497 e. The summed E-state index contributed by atoms with van der Waals surface area (Å²) in [4.78, 5) is 9.28. The molecule has 2 atom stereocenters. The van der Waals surface area contributed by atoms with Crippen LogP contribution in [0.25, 0.3) is 10.9 Å². The monoisotopic (exact) mass is 365 g/mol. The summed E-state index contributed by atoms with van der Waals surface area (Å²) in [5.74, 6) is 0.947. The summed E-state index contributed by atoms with van der Waals surface area (Å²) >= 11 is 0. The van der Waals surface area contributed by atoms with Gasteiger partial charge in [0, 0.05) is 36.2 Å². The van der Waals surface area contributed by atoms with E-state index in [2.05, 4.69) is 39.1 Å². The Labute approximate surface area is 159 Å². The SMILES string of the molecule is COc1ccc2[nH]c3c(c2c1)CCN1[C@@H]([C@@H]2CCC=CO2)N2CCC31CC2. The van der Waals surface area contributed by atoms with Crippen LogP contribution in [0.15, 0.2) is 30.5 Å². The van der Waals surface area contributed by atoms with Crippen LogP contribution in [0.3, 0.4) is 0 Å². The Morgan fingerprint density at radius 3 is 2.89 bits per heavy atom. The van der Waals surface area contributed by atoms with Crippen molar-refractivity contribution in [3.05, 3.63) is 41.8 Å². The molecule has 0 radical (unpaired) electrons. The Bertz CT molecular complexity index is 910. The van der Waals surface area contributed by atoms with Gasteiger partial charge in [-0.3, -0.25) is 9.80 Å². The molecule has 0 aliphatic carbocycles. The number of hydrogen-bond acceptors (Lipinski definition) is 4. The highest BCUT2D eigenvalue weighted by Crippen LogP contribution is 2.51. The van der Waals surface area contributed by atoms with Gasteiger partial charge in [0.25, 0.3) is 0 Å². The molecule has 1 spiro atoms. The lowest BCUT2D eigenvalue weighted by Gasteiger charge is -2.63. The molecule has 2 aromatic rings. The second-order valence-corrected chi connectivity index (χ2v) is 8.44. The average molecular weight is 365 g/mol. The summed E-state index contributed by atoms with van der Waals surface area (Å²) in [6.45, 7) is 3.45. The van der Waals surface area contributed by atoms with Gasteiger partial charge in [-0.1, -0.05) is 0 Å². The van der Waals surface area contributed by atoms with E-state index in [9.17, 15) is 0 Å². The molecule has 3 saturated heterocycles. The van der Waals surface area contributed by atoms with Gasteiger partial charge in [-0.2, -0.15) is 0 Å². The Balaban J connectivity index is 1.47. The molecule has 5 aliphatic heterocycles. The van der Waals surface area contributed by atoms with Gasteiger partial charge in [-0.25, -0.2) is 0 Å². The van der Waals surface area contributed by atoms with Gasteiger partial charge < -0.3 is 14.5 Å². The van der Waals surface area contributed by atoms with Gasteiger partial charge in [-0.15, -0.1) is 0 Å². The van der Waals surface area contributed by atoms with Crippen molar-refractivity contribution < 1.29 is 9.47 Å². The first kappa shape index (κ1) is 16.0. The zero-order valence-corrected chi connectivity index (χ0v) is 15.9. The third-order valence-electron chi connectivity index (χ3n) is 7.35. The Kier molecular flexibility index (Phi) is 3.42. The van der Waals surface area contributed by atoms with Crippen LogP contribution in [0.1, 0.15) is 36.9 Å². The number of rotatable bonds is 2. The Morgan fingerprint density at radius 2 is 2.11 bits per heavy atom. The van der Waals surface area contributed by atoms with Gasteiger partial charge in [0.2, 0.25) is 0 Å². The topological polar surface area (TPSA) is 40.7 Å². The highest BCUT2D eigenvalue weighted by Gasteiger charge is 2.56. The zero-order valence-electron chi connectivity index (χ0n) is 15.9. The van der Waals surface area contributed by atoms with Crippen molar-refractivity contribution in [2.24, 2.45) is 0 Å². The van der Waals surface area contributed by atoms with Crippen molar-refractivity contribution >= 4 is 10.9 Å². The van der Waals surface area contributed by atoms with E-state index < -0.39 is 0 Å². The summed E-state index contributed by atoms with van der Waals surface area (Å²) < 4.78 is 11.6. The molecule has 0 unspecified atom stereocenters. The molecule has 6 heterocycles. The summed E-state index contributed by atoms with van der Waals surface area (Å²) in [5.41, 5.74) is 4.37. The van der Waals surface area contributed by atoms with Crippen LogP contribution in [0.4, 0.5) is 0 Å². The van der Waals surface area contributed by atoms with E-state index >= 15 is 0 Å². The first-order valence-corrected chi connectivity index (χ1v) is 10.3. The summed E-state index contributed by atoms with van der Waals surface area (Å²) in [6, 6.07) is 6.45. The van der Waals surface area contributed by atoms with Crippen LogP contribution in [0.2, 0.25) is 0 Å². The number of aromatic amines is 1. The number of nitrogens with zero attached hydrogens (tertiary/aromatic N) is 2. The largest absolute Gasteiger partial charge is 0.497 e. The molecule has 1 aromatic carbocycles. The summed E-state index contributed by atoms with van der Waals surface area (Å²) in [5, 5.41) is 1.35. The number of fused-ring (bicyclic) bond motifs is 5. The lowest BCUT2D eigenvalue weighted by atomic mass is 9.73. The molecule has 27 heavy (non-hydrogen) atoms. The second-order valence-electron chi connectivity index (χ2n) is 8.44. The fourth-order valence-corrected chi connectivity index (χ4v) is 6.09. The quantitative estimate of drug-likeness (QED) is 0.886. The van der Waals surface area contributed by atoms with E-state index in [0.717, 1.165) is 31.6 Å². The smallest absolute Gasteiger partial charge is 0.127 e. The zero-order chi connectivity index (χ0) is 18.0. The first-order chi connectivity index (χ1) is 13.3. The van der Waals surface area contributed by atoms with E-state index in [0.29, 0.717) is 12.3 Å². The molecular formula is C22H27N3O2. The van der Waals surface area contributed by atoms with Crippen molar-refractivity contribution in [3.8, 4) is 5.75 Å². The average Bonchev–Trinajstić information content (AvgIpc) is 3.13. The molecule has 0 amide bonds. The number of hydrogen-bond donors (Lipinski definition) is 1. The fourth-order valence-electron chi connectivity index (χ4n) is 6.09. The van der Waals surface area contributed by atoms with Crippen LogP contribution in [0.5, 0.6) is 5.75 Å². The maximum absolute atomic E-state index is 6.10. The van der Waals surface area contributed by atoms with Crippen LogP contribution in [0, 0.1) is 0 Å². The molecular weight excluding hydrogens is 338 g/mol. The third kappa shape index (κ3) is 2.13. The van der Waals surface area contributed by atoms with Crippen molar-refractivity contribution in [3.63, 3.8) is 0 Å². The molecule has 1 aromatic heterocycles. The van der Waals surface area contributed by atoms with Crippen LogP contribution >= 0.6 is 0 Å². The number of H-pyrrole nitrogens is 1. The van der Waals surface area contributed by atoms with E-state index in [-0.39, 0.29) is 5.54 Å². The normalized spacial score (nSPS) is 34.9. The number of methoxy groups -OCH3 is 1. The number of aromatic nitrogens is 1. The predicted octanol–water partition coefficient (Wildman–Crippen LogP) is 3.36. The number of nitrogens with one attached hydrogen (secondary N) is 1. The van der Waals surface area contributed by atoms with Gasteiger partial charge in [0.1, 0.15) is 18.0 Å². The number of benzene rings is 1. The Hall–Kier alpha value is -1.98. The summed E-state index contributed by atoms with van der Waals surface area (Å²) in [6.07, 6.45) is 10.6. The fraction of sp³-hybridized carbons (Fsp3) is 0.545. The molecule has 7 rings (SSSR count). The highest BCUT2D eigenvalue weighted by atomic mass is 16.5. The van der Waals surface area contributed by atoms with Crippen molar-refractivity contribution in [2.75, 3.05) is 26.7 Å². The van der Waals surface area contributed by atoms with Crippen molar-refractivity contribution in [1.29, 1.82) is 0 Å². The molecule has 5 heteroatoms. The van der Waals surface area contributed by atoms with Gasteiger partial charge in [-0.05, 0) is 61.9 Å². The molecule has 5 nitrogen and oxygen atoms in total. The lowest BCUT2D eigenvalue weighted by Crippen LogP contribution is -2.73. The van der Waals surface area contributed by atoms with Crippen LogP contribution < -0.4 is 4.74 Å². The second kappa shape index (κ2) is 5.76. The minimum absolute atomic E-state index is 0.143. The number of ether oxygens (including phenoxy) is 2. The standard InChI is InChI=1S/C22H27N3O2/c1-26-15-5-6-18-17(14-15)16-7-10-25-21(19-4-2-3-13-27-19)24-11-8-22(25,9-12-24)20(16)23-18/h3,5-6,13-14,19,21,23H,2,4,7-12H2,1H3/t19-,21-/m0/s1. The maximum atomic E-state index is 6.10. The number of piperidine rings is 1. The molecule has 1 N–H and O–H groups in total. The Morgan fingerprint density at radius 1 is 1.22 bits per heavy atom. The molecule has 2 bridgehead atoms. The van der Waals surface area contributed by atoms with Gasteiger partial charge in [0.05, 0.1) is 18.9 Å². The van der Waals surface area contributed by atoms with E-state index in [1.807, 2.05) is 6.26 Å². The predicted molar refractivity (Wildman–Crippen MR) is 105 cm³/mol. The van der Waals surface area contributed by atoms with E-state index in [1.54, 1.807) is 7.11 Å². The first-order valence-electron chi connectivity index (χ1n) is 10.3. The van der Waals surface area contributed by atoms with Crippen molar-refractivity contribution in [2.45, 2.75) is 49.9 Å². The summed E-state index contributed by atoms with van der Waals surface area (Å²) in [7, 11) is 1.75. The molecule has 3 fully saturated rings. The molecule has 0 saturated carbocycles. The minimum atomic E-state index is 0.143. The highest BCUT2D eigenvalue weighted by molar-refractivity contribution is 5.87. The number of allylic oxidation sites excluding steroid dienone is 1. The van der Waals surface area contributed by atoms with Crippen LogP contribution in [-0.2, 0) is 16.7 Å².